The van der Waals surface area contributed by atoms with Gasteiger partial charge in [-0.3, -0.25) is 20.3 Å². The third kappa shape index (κ3) is 3.51. The molecule has 6 nitrogen and oxygen atoms in total. The summed E-state index contributed by atoms with van der Waals surface area (Å²) in [6.07, 6.45) is 0.537. The maximum absolute atomic E-state index is 13.1. The topological polar surface area (TPSA) is 64.7 Å². The van der Waals surface area contributed by atoms with Crippen LogP contribution in [0.1, 0.15) is 18.9 Å². The summed E-state index contributed by atoms with van der Waals surface area (Å²) in [5, 5.41) is 6.69. The standard InChI is InChI=1S/C17H23FN4O2S/c1-4-12-19-14-13(16(23)22(3)17(24)21(14)2)15(20-12)25-9-10-5-7-11(18)8-6-10/h5-8,12-15,19-20H,4,9H2,1-3H3. The Morgan fingerprint density at radius 2 is 1.84 bits per heavy atom. The molecule has 0 radical (unpaired) electrons. The van der Waals surface area contributed by atoms with Gasteiger partial charge < -0.3 is 4.90 Å². The number of amides is 3. The minimum Gasteiger partial charge on any atom is -0.311 e. The third-order valence-corrected chi connectivity index (χ3v) is 6.06. The number of imide groups is 1. The predicted molar refractivity (Wildman–Crippen MR) is 95.0 cm³/mol. The van der Waals surface area contributed by atoms with Gasteiger partial charge >= 0.3 is 6.03 Å². The van der Waals surface area contributed by atoms with Crippen LogP contribution in [0.15, 0.2) is 24.3 Å². The summed E-state index contributed by atoms with van der Waals surface area (Å²) in [5.41, 5.74) is 0.998. The number of nitrogens with zero attached hydrogens (tertiary/aromatic N) is 2. The maximum Gasteiger partial charge on any atom is 0.327 e. The van der Waals surface area contributed by atoms with Gasteiger partial charge in [-0.05, 0) is 24.1 Å². The molecule has 1 aromatic rings. The highest BCUT2D eigenvalue weighted by atomic mass is 32.2. The van der Waals surface area contributed by atoms with Crippen LogP contribution in [0.2, 0.25) is 0 Å². The summed E-state index contributed by atoms with van der Waals surface area (Å²) in [6, 6.07) is 6.09. The van der Waals surface area contributed by atoms with Gasteiger partial charge in [-0.15, -0.1) is 11.8 Å². The summed E-state index contributed by atoms with van der Waals surface area (Å²) >= 11 is 1.61. The number of rotatable bonds is 4. The molecule has 4 atom stereocenters. The third-order valence-electron chi connectivity index (χ3n) is 4.78. The number of carbonyl (C=O) groups is 2. The predicted octanol–water partition coefficient (Wildman–Crippen LogP) is 1.78. The highest BCUT2D eigenvalue weighted by molar-refractivity contribution is 7.99. The number of benzene rings is 1. The zero-order valence-electron chi connectivity index (χ0n) is 14.5. The molecular weight excluding hydrogens is 343 g/mol. The number of carbonyl (C=O) groups excluding carboxylic acids is 2. The van der Waals surface area contributed by atoms with Crippen LogP contribution in [0.5, 0.6) is 0 Å². The van der Waals surface area contributed by atoms with Crippen LogP contribution >= 0.6 is 11.8 Å². The van der Waals surface area contributed by atoms with Gasteiger partial charge in [-0.2, -0.15) is 0 Å². The summed E-state index contributed by atoms with van der Waals surface area (Å²) < 4.78 is 13.1. The molecule has 2 saturated heterocycles. The molecule has 25 heavy (non-hydrogen) atoms. The first-order valence-electron chi connectivity index (χ1n) is 8.35. The van der Waals surface area contributed by atoms with Crippen molar-refractivity contribution in [3.05, 3.63) is 35.6 Å². The molecule has 0 saturated carbocycles. The second-order valence-corrected chi connectivity index (χ2v) is 7.54. The minimum atomic E-state index is -0.374. The van der Waals surface area contributed by atoms with E-state index in [0.717, 1.165) is 12.0 Å². The monoisotopic (exact) mass is 366 g/mol. The first-order chi connectivity index (χ1) is 11.9. The van der Waals surface area contributed by atoms with Crippen LogP contribution < -0.4 is 10.6 Å². The molecule has 2 heterocycles. The zero-order chi connectivity index (χ0) is 18.1. The van der Waals surface area contributed by atoms with Crippen molar-refractivity contribution in [3.8, 4) is 0 Å². The molecule has 2 fully saturated rings. The zero-order valence-corrected chi connectivity index (χ0v) is 15.3. The Bertz CT molecular complexity index is 657. The first kappa shape index (κ1) is 18.2. The Balaban J connectivity index is 1.79. The van der Waals surface area contributed by atoms with E-state index in [1.54, 1.807) is 35.8 Å². The van der Waals surface area contributed by atoms with Crippen molar-refractivity contribution >= 4 is 23.7 Å². The van der Waals surface area contributed by atoms with E-state index in [1.807, 2.05) is 6.92 Å². The quantitative estimate of drug-likeness (QED) is 0.850. The number of hydrogen-bond donors (Lipinski definition) is 2. The van der Waals surface area contributed by atoms with Crippen molar-refractivity contribution in [2.24, 2.45) is 5.92 Å². The lowest BCUT2D eigenvalue weighted by molar-refractivity contribution is -0.140. The molecule has 0 spiro atoms. The van der Waals surface area contributed by atoms with E-state index < -0.39 is 0 Å². The molecule has 2 aliphatic heterocycles. The Kier molecular flexibility index (Phi) is 5.31. The minimum absolute atomic E-state index is 0.0263. The van der Waals surface area contributed by atoms with E-state index >= 15 is 0 Å². The molecule has 1 aromatic carbocycles. The fourth-order valence-electron chi connectivity index (χ4n) is 3.27. The molecule has 0 aromatic heterocycles. The molecule has 0 bridgehead atoms. The lowest BCUT2D eigenvalue weighted by Gasteiger charge is -2.50. The van der Waals surface area contributed by atoms with Gasteiger partial charge in [0.2, 0.25) is 5.91 Å². The van der Waals surface area contributed by atoms with E-state index in [1.165, 1.54) is 24.1 Å². The van der Waals surface area contributed by atoms with Crippen LogP contribution in [0, 0.1) is 11.7 Å². The van der Waals surface area contributed by atoms with Crippen LogP contribution in [0.25, 0.3) is 0 Å². The highest BCUT2D eigenvalue weighted by Crippen LogP contribution is 2.33. The Labute approximate surface area is 151 Å². The molecule has 8 heteroatoms. The van der Waals surface area contributed by atoms with E-state index in [4.69, 9.17) is 0 Å². The van der Waals surface area contributed by atoms with E-state index in [2.05, 4.69) is 10.6 Å². The number of thioether (sulfide) groups is 1. The average molecular weight is 366 g/mol. The van der Waals surface area contributed by atoms with Crippen molar-refractivity contribution in [3.63, 3.8) is 0 Å². The van der Waals surface area contributed by atoms with Crippen LogP contribution in [0.3, 0.4) is 0 Å². The fraction of sp³-hybridized carbons (Fsp3) is 0.529. The number of urea groups is 1. The summed E-state index contributed by atoms with van der Waals surface area (Å²) in [7, 11) is 3.24. The first-order valence-corrected chi connectivity index (χ1v) is 9.39. The number of halogens is 1. The van der Waals surface area contributed by atoms with E-state index in [0.29, 0.717) is 5.75 Å². The average Bonchev–Trinajstić information content (AvgIpc) is 2.63. The number of nitrogens with one attached hydrogen (secondary N) is 2. The lowest BCUT2D eigenvalue weighted by atomic mass is 9.97. The summed E-state index contributed by atoms with van der Waals surface area (Å²) in [4.78, 5) is 27.7. The molecule has 136 valence electrons. The molecule has 3 amide bonds. The van der Waals surface area contributed by atoms with Gasteiger partial charge in [0, 0.05) is 19.8 Å². The molecule has 2 aliphatic rings. The Morgan fingerprint density at radius 3 is 2.48 bits per heavy atom. The Hall–Kier alpha value is -1.64. The fourth-order valence-corrected chi connectivity index (χ4v) is 4.57. The number of fused-ring (bicyclic) bond motifs is 1. The smallest absolute Gasteiger partial charge is 0.311 e. The molecule has 4 unspecified atom stereocenters. The molecule has 3 rings (SSSR count). The van der Waals surface area contributed by atoms with Crippen LogP contribution in [-0.2, 0) is 10.5 Å². The second-order valence-electron chi connectivity index (χ2n) is 6.41. The molecule has 2 N–H and O–H groups in total. The highest BCUT2D eigenvalue weighted by Gasteiger charge is 2.50. The van der Waals surface area contributed by atoms with Crippen LogP contribution in [0.4, 0.5) is 9.18 Å². The van der Waals surface area contributed by atoms with Gasteiger partial charge in [0.25, 0.3) is 0 Å². The SMILES string of the molecule is CCC1NC(SCc2ccc(F)cc2)C2C(=O)N(C)C(=O)N(C)C2N1. The normalized spacial score (nSPS) is 29.8. The van der Waals surface area contributed by atoms with Gasteiger partial charge in [-0.25, -0.2) is 9.18 Å². The summed E-state index contributed by atoms with van der Waals surface area (Å²) in [5.74, 6) is -0.156. The van der Waals surface area contributed by atoms with Gasteiger partial charge in [0.05, 0.1) is 23.6 Å². The van der Waals surface area contributed by atoms with Crippen molar-refractivity contribution in [1.29, 1.82) is 0 Å². The van der Waals surface area contributed by atoms with Crippen molar-refractivity contribution in [2.45, 2.75) is 36.8 Å². The van der Waals surface area contributed by atoms with Gasteiger partial charge in [-0.1, -0.05) is 19.1 Å². The maximum atomic E-state index is 13.1. The van der Waals surface area contributed by atoms with E-state index in [9.17, 15) is 14.0 Å². The number of hydrogen-bond acceptors (Lipinski definition) is 5. The van der Waals surface area contributed by atoms with Crippen molar-refractivity contribution in [1.82, 2.24) is 20.4 Å². The Morgan fingerprint density at radius 1 is 1.16 bits per heavy atom. The lowest BCUT2D eigenvalue weighted by Crippen LogP contribution is -2.74. The van der Waals surface area contributed by atoms with Crippen molar-refractivity contribution in [2.75, 3.05) is 14.1 Å². The van der Waals surface area contributed by atoms with E-state index in [-0.39, 0.29) is 41.4 Å². The summed E-state index contributed by atoms with van der Waals surface area (Å²) in [6.45, 7) is 2.05. The van der Waals surface area contributed by atoms with Crippen molar-refractivity contribution < 1.29 is 14.0 Å². The van der Waals surface area contributed by atoms with Gasteiger partial charge in [0.1, 0.15) is 5.82 Å². The second kappa shape index (κ2) is 7.31. The largest absolute Gasteiger partial charge is 0.327 e. The molecular formula is C17H23FN4O2S. The van der Waals surface area contributed by atoms with Crippen LogP contribution in [-0.4, -0.2) is 53.5 Å². The van der Waals surface area contributed by atoms with Gasteiger partial charge in [0.15, 0.2) is 0 Å². The molecule has 0 aliphatic carbocycles.